The van der Waals surface area contributed by atoms with Crippen LogP contribution in [0.4, 0.5) is 5.69 Å². The van der Waals surface area contributed by atoms with Crippen LogP contribution in [-0.2, 0) is 6.42 Å². The van der Waals surface area contributed by atoms with Gasteiger partial charge in [-0.1, -0.05) is 48.5 Å². The number of fused-ring (bicyclic) bond motifs is 1. The Labute approximate surface area is 131 Å². The van der Waals surface area contributed by atoms with Gasteiger partial charge < -0.3 is 10.2 Å². The fraction of sp³-hybridized carbons (Fsp3) is 0.316. The van der Waals surface area contributed by atoms with Gasteiger partial charge >= 0.3 is 0 Å². The summed E-state index contributed by atoms with van der Waals surface area (Å²) >= 11 is 0. The van der Waals surface area contributed by atoms with Crippen LogP contribution < -0.4 is 10.2 Å². The third-order valence-electron chi connectivity index (χ3n) is 4.69. The zero-order chi connectivity index (χ0) is 14.9. The lowest BCUT2D eigenvalue weighted by Crippen LogP contribution is -2.42. The second-order valence-electron chi connectivity index (χ2n) is 6.08. The van der Waals surface area contributed by atoms with Gasteiger partial charge in [-0.3, -0.25) is 4.99 Å². The molecule has 2 aromatic carbocycles. The van der Waals surface area contributed by atoms with E-state index in [2.05, 4.69) is 69.8 Å². The topological polar surface area (TPSA) is 27.6 Å². The zero-order valence-electron chi connectivity index (χ0n) is 12.9. The van der Waals surface area contributed by atoms with Gasteiger partial charge in [-0.15, -0.1) is 0 Å². The Morgan fingerprint density at radius 2 is 1.86 bits per heavy atom. The van der Waals surface area contributed by atoms with Crippen LogP contribution in [0, 0.1) is 0 Å². The van der Waals surface area contributed by atoms with Crippen LogP contribution in [0.5, 0.6) is 0 Å². The number of nitrogens with zero attached hydrogens (tertiary/aromatic N) is 2. The second kappa shape index (κ2) is 5.48. The van der Waals surface area contributed by atoms with Crippen LogP contribution in [0.15, 0.2) is 59.6 Å². The number of rotatable bonds is 2. The molecule has 0 spiro atoms. The second-order valence-corrected chi connectivity index (χ2v) is 6.08. The zero-order valence-corrected chi connectivity index (χ0v) is 12.9. The van der Waals surface area contributed by atoms with Gasteiger partial charge in [0.15, 0.2) is 5.96 Å². The lowest BCUT2D eigenvalue weighted by Gasteiger charge is -2.22. The maximum Gasteiger partial charge on any atom is 0.198 e. The van der Waals surface area contributed by atoms with E-state index < -0.39 is 0 Å². The van der Waals surface area contributed by atoms with E-state index in [-0.39, 0.29) is 0 Å². The number of para-hydroxylation sites is 1. The SMILES string of the molecule is CN=C(NC1CC1c1ccccc1)N1CCc2ccccc21. The quantitative estimate of drug-likeness (QED) is 0.680. The fourth-order valence-electron chi connectivity index (χ4n) is 3.41. The Kier molecular flexibility index (Phi) is 3.34. The van der Waals surface area contributed by atoms with E-state index in [4.69, 9.17) is 0 Å². The number of aliphatic imine (C=N–C) groups is 1. The molecule has 1 N–H and O–H groups in total. The van der Waals surface area contributed by atoms with Crippen molar-refractivity contribution in [1.82, 2.24) is 5.32 Å². The average Bonchev–Trinajstić information content (AvgIpc) is 3.23. The van der Waals surface area contributed by atoms with E-state index in [9.17, 15) is 0 Å². The monoisotopic (exact) mass is 291 g/mol. The Hall–Kier alpha value is -2.29. The minimum absolute atomic E-state index is 0.508. The summed E-state index contributed by atoms with van der Waals surface area (Å²) < 4.78 is 0. The first-order valence-electron chi connectivity index (χ1n) is 8.00. The molecule has 0 saturated heterocycles. The number of hydrogen-bond donors (Lipinski definition) is 1. The fourth-order valence-corrected chi connectivity index (χ4v) is 3.41. The van der Waals surface area contributed by atoms with Crippen molar-refractivity contribution in [3.63, 3.8) is 0 Å². The summed E-state index contributed by atoms with van der Waals surface area (Å²) in [4.78, 5) is 6.82. The van der Waals surface area contributed by atoms with Crippen LogP contribution in [0.1, 0.15) is 23.5 Å². The van der Waals surface area contributed by atoms with Crippen molar-refractivity contribution in [1.29, 1.82) is 0 Å². The molecule has 4 rings (SSSR count). The van der Waals surface area contributed by atoms with Gasteiger partial charge in [-0.25, -0.2) is 0 Å². The van der Waals surface area contributed by atoms with Gasteiger partial charge in [-0.2, -0.15) is 0 Å². The minimum Gasteiger partial charge on any atom is -0.353 e. The lowest BCUT2D eigenvalue weighted by molar-refractivity contribution is 0.835. The van der Waals surface area contributed by atoms with E-state index >= 15 is 0 Å². The molecular formula is C19H21N3. The summed E-state index contributed by atoms with van der Waals surface area (Å²) in [6.45, 7) is 1.02. The molecule has 22 heavy (non-hydrogen) atoms. The average molecular weight is 291 g/mol. The predicted molar refractivity (Wildman–Crippen MR) is 91.6 cm³/mol. The Morgan fingerprint density at radius 3 is 2.68 bits per heavy atom. The Morgan fingerprint density at radius 1 is 1.09 bits per heavy atom. The van der Waals surface area contributed by atoms with Gasteiger partial charge in [0.1, 0.15) is 0 Å². The summed E-state index contributed by atoms with van der Waals surface area (Å²) in [6, 6.07) is 19.9. The van der Waals surface area contributed by atoms with Crippen molar-refractivity contribution >= 4 is 11.6 Å². The predicted octanol–water partition coefficient (Wildman–Crippen LogP) is 3.18. The Bertz CT molecular complexity index is 693. The van der Waals surface area contributed by atoms with Gasteiger partial charge in [0.05, 0.1) is 0 Å². The molecule has 2 unspecified atom stereocenters. The molecular weight excluding hydrogens is 270 g/mol. The summed E-state index contributed by atoms with van der Waals surface area (Å²) in [5.41, 5.74) is 4.14. The molecule has 0 radical (unpaired) electrons. The third kappa shape index (κ3) is 2.37. The summed E-state index contributed by atoms with van der Waals surface area (Å²) in [5, 5.41) is 3.65. The van der Waals surface area contributed by atoms with Crippen molar-refractivity contribution in [2.45, 2.75) is 24.8 Å². The molecule has 3 nitrogen and oxygen atoms in total. The smallest absolute Gasteiger partial charge is 0.198 e. The highest BCUT2D eigenvalue weighted by atomic mass is 15.3. The molecule has 1 aliphatic heterocycles. The van der Waals surface area contributed by atoms with Crippen LogP contribution in [0.25, 0.3) is 0 Å². The van der Waals surface area contributed by atoms with Crippen LogP contribution in [-0.4, -0.2) is 25.6 Å². The number of nitrogens with one attached hydrogen (secondary N) is 1. The molecule has 1 heterocycles. The van der Waals surface area contributed by atoms with E-state index in [0.29, 0.717) is 12.0 Å². The normalized spacial score (nSPS) is 23.3. The van der Waals surface area contributed by atoms with Gasteiger partial charge in [0.2, 0.25) is 0 Å². The van der Waals surface area contributed by atoms with Crippen molar-refractivity contribution in [2.24, 2.45) is 4.99 Å². The van der Waals surface area contributed by atoms with E-state index in [1.165, 1.54) is 23.2 Å². The van der Waals surface area contributed by atoms with Gasteiger partial charge in [0.25, 0.3) is 0 Å². The molecule has 0 aromatic heterocycles. The maximum atomic E-state index is 4.51. The molecule has 3 heteroatoms. The first-order chi connectivity index (χ1) is 10.9. The number of guanidine groups is 1. The van der Waals surface area contributed by atoms with Crippen LogP contribution >= 0.6 is 0 Å². The standard InChI is InChI=1S/C19H21N3/c1-20-19(22-12-11-15-9-5-6-10-18(15)22)21-17-13-16(17)14-7-3-2-4-8-14/h2-10,16-17H,11-13H2,1H3,(H,20,21). The van der Waals surface area contributed by atoms with Crippen molar-refractivity contribution in [3.05, 3.63) is 65.7 Å². The molecule has 1 fully saturated rings. The number of benzene rings is 2. The van der Waals surface area contributed by atoms with Crippen LogP contribution in [0.2, 0.25) is 0 Å². The van der Waals surface area contributed by atoms with Crippen molar-refractivity contribution in [2.75, 3.05) is 18.5 Å². The minimum atomic E-state index is 0.508. The third-order valence-corrected chi connectivity index (χ3v) is 4.69. The largest absolute Gasteiger partial charge is 0.353 e. The molecule has 112 valence electrons. The van der Waals surface area contributed by atoms with Gasteiger partial charge in [-0.05, 0) is 30.0 Å². The van der Waals surface area contributed by atoms with Crippen molar-refractivity contribution < 1.29 is 0 Å². The maximum absolute atomic E-state index is 4.51. The highest BCUT2D eigenvalue weighted by Gasteiger charge is 2.40. The highest BCUT2D eigenvalue weighted by Crippen LogP contribution is 2.41. The summed E-state index contributed by atoms with van der Waals surface area (Å²) in [5.74, 6) is 1.63. The summed E-state index contributed by atoms with van der Waals surface area (Å²) in [7, 11) is 1.88. The molecule has 2 aliphatic rings. The van der Waals surface area contributed by atoms with E-state index in [0.717, 1.165) is 18.9 Å². The van der Waals surface area contributed by atoms with Gasteiger partial charge in [0, 0.05) is 31.2 Å². The molecule has 0 bridgehead atoms. The molecule has 1 saturated carbocycles. The lowest BCUT2D eigenvalue weighted by atomic mass is 10.1. The Balaban J connectivity index is 1.47. The number of hydrogen-bond acceptors (Lipinski definition) is 1. The van der Waals surface area contributed by atoms with Crippen molar-refractivity contribution in [3.8, 4) is 0 Å². The number of anilines is 1. The molecule has 1 aliphatic carbocycles. The first-order valence-corrected chi connectivity index (χ1v) is 8.00. The molecule has 2 atom stereocenters. The first kappa shape index (κ1) is 13.4. The van der Waals surface area contributed by atoms with Crippen LogP contribution in [0.3, 0.4) is 0 Å². The van der Waals surface area contributed by atoms with E-state index in [1.807, 2.05) is 7.05 Å². The highest BCUT2D eigenvalue weighted by molar-refractivity contribution is 5.98. The van der Waals surface area contributed by atoms with E-state index in [1.54, 1.807) is 0 Å². The summed E-state index contributed by atoms with van der Waals surface area (Å²) in [6.07, 6.45) is 2.29. The molecule has 2 aromatic rings. The molecule has 0 amide bonds.